The fourth-order valence-corrected chi connectivity index (χ4v) is 3.62. The molecule has 3 aromatic rings. The summed E-state index contributed by atoms with van der Waals surface area (Å²) < 4.78 is 12.6. The van der Waals surface area contributed by atoms with Crippen molar-refractivity contribution >= 4 is 29.0 Å². The number of imidazole rings is 1. The molecule has 2 amide bonds. The molecule has 1 aliphatic carbocycles. The largest absolute Gasteiger partial charge is 0.417 e. The highest BCUT2D eigenvalue weighted by Crippen LogP contribution is 2.28. The second-order valence-electron chi connectivity index (χ2n) is 8.19. The molecule has 1 saturated heterocycles. The molecule has 33 heavy (non-hydrogen) atoms. The van der Waals surface area contributed by atoms with Crippen LogP contribution in [-0.2, 0) is 11.3 Å². The first-order valence-corrected chi connectivity index (χ1v) is 11.0. The molecule has 11 heteroatoms. The lowest BCUT2D eigenvalue weighted by Crippen LogP contribution is -2.42. The van der Waals surface area contributed by atoms with E-state index in [1.165, 1.54) is 0 Å². The van der Waals surface area contributed by atoms with E-state index in [-0.39, 0.29) is 23.2 Å². The smallest absolute Gasteiger partial charge is 0.382 e. The Kier molecular flexibility index (Phi) is 5.78. The second-order valence-corrected chi connectivity index (χ2v) is 8.19. The van der Waals surface area contributed by atoms with E-state index in [4.69, 9.17) is 15.2 Å². The second kappa shape index (κ2) is 9.02. The lowest BCUT2D eigenvalue weighted by molar-refractivity contribution is 0.0404. The highest BCUT2D eigenvalue weighted by atomic mass is 16.6. The molecule has 172 valence electrons. The lowest BCUT2D eigenvalue weighted by atomic mass is 10.2. The molecule has 0 radical (unpaired) electrons. The Hall–Kier alpha value is -3.73. The molecule has 0 atom stereocenters. The van der Waals surface area contributed by atoms with E-state index in [0.717, 1.165) is 18.4 Å². The van der Waals surface area contributed by atoms with Gasteiger partial charge in [0.2, 0.25) is 5.82 Å². The normalized spacial score (nSPS) is 16.1. The zero-order valence-electron chi connectivity index (χ0n) is 18.1. The minimum atomic E-state index is -0.531. The number of benzene rings is 1. The highest BCUT2D eigenvalue weighted by molar-refractivity contribution is 5.94. The van der Waals surface area contributed by atoms with Gasteiger partial charge in [0.25, 0.3) is 5.91 Å². The van der Waals surface area contributed by atoms with E-state index in [1.54, 1.807) is 9.47 Å². The van der Waals surface area contributed by atoms with Crippen LogP contribution in [0.4, 0.5) is 10.6 Å². The van der Waals surface area contributed by atoms with Crippen molar-refractivity contribution < 1.29 is 19.1 Å². The van der Waals surface area contributed by atoms with Crippen molar-refractivity contribution in [2.75, 3.05) is 38.6 Å². The Morgan fingerprint density at radius 3 is 2.61 bits per heavy atom. The van der Waals surface area contributed by atoms with Crippen molar-refractivity contribution in [3.63, 3.8) is 0 Å². The molecule has 5 rings (SSSR count). The van der Waals surface area contributed by atoms with E-state index >= 15 is 0 Å². The number of nitrogens with zero attached hydrogens (tertiary/aromatic N) is 5. The first-order valence-electron chi connectivity index (χ1n) is 11.0. The molecule has 11 nitrogen and oxygen atoms in total. The number of nitrogens with one attached hydrogen (secondary N) is 1. The Bertz CT molecular complexity index is 1170. The van der Waals surface area contributed by atoms with Gasteiger partial charge in [0.05, 0.1) is 19.8 Å². The van der Waals surface area contributed by atoms with Crippen LogP contribution in [-0.4, -0.2) is 69.3 Å². The van der Waals surface area contributed by atoms with Crippen LogP contribution in [0.25, 0.3) is 11.2 Å². The summed E-state index contributed by atoms with van der Waals surface area (Å²) in [5, 5.41) is 2.85. The van der Waals surface area contributed by atoms with Crippen LogP contribution in [0.1, 0.15) is 29.0 Å². The van der Waals surface area contributed by atoms with Crippen molar-refractivity contribution in [1.82, 2.24) is 29.7 Å². The zero-order chi connectivity index (χ0) is 22.8. The third-order valence-corrected chi connectivity index (χ3v) is 5.67. The number of ether oxygens (including phenoxy) is 2. The molecular formula is C22H25N7O4. The lowest BCUT2D eigenvalue weighted by Gasteiger charge is -2.25. The molecule has 3 N–H and O–H groups in total. The van der Waals surface area contributed by atoms with E-state index in [2.05, 4.69) is 20.3 Å². The number of nitrogen functional groups attached to an aromatic ring is 1. The van der Waals surface area contributed by atoms with Crippen molar-refractivity contribution in [3.05, 3.63) is 41.7 Å². The van der Waals surface area contributed by atoms with Crippen molar-refractivity contribution in [3.8, 4) is 6.01 Å². The number of anilines is 1. The molecule has 2 aliphatic rings. The maximum absolute atomic E-state index is 12.7. The first kappa shape index (κ1) is 21.1. The predicted molar refractivity (Wildman–Crippen MR) is 119 cm³/mol. The minimum absolute atomic E-state index is 0.0408. The maximum atomic E-state index is 12.7. The predicted octanol–water partition coefficient (Wildman–Crippen LogP) is 1.43. The number of nitrogens with two attached hydrogens (primary N) is 1. The molecule has 0 spiro atoms. The van der Waals surface area contributed by atoms with Gasteiger partial charge in [-0.3, -0.25) is 9.36 Å². The Balaban J connectivity index is 1.50. The average molecular weight is 451 g/mol. The van der Waals surface area contributed by atoms with Crippen LogP contribution in [0, 0.1) is 5.92 Å². The molecule has 2 aromatic heterocycles. The van der Waals surface area contributed by atoms with Gasteiger partial charge >= 0.3 is 12.1 Å². The van der Waals surface area contributed by atoms with Gasteiger partial charge in [-0.1, -0.05) is 30.3 Å². The van der Waals surface area contributed by atoms with Gasteiger partial charge in [-0.05, 0) is 24.3 Å². The average Bonchev–Trinajstić information content (AvgIpc) is 3.61. The van der Waals surface area contributed by atoms with Gasteiger partial charge in [-0.25, -0.2) is 14.8 Å². The van der Waals surface area contributed by atoms with Gasteiger partial charge in [-0.2, -0.15) is 4.98 Å². The number of carbonyl (C=O) groups excluding carboxylic acids is 2. The van der Waals surface area contributed by atoms with Gasteiger partial charge in [-0.15, -0.1) is 0 Å². The van der Waals surface area contributed by atoms with E-state index in [0.29, 0.717) is 51.0 Å². The summed E-state index contributed by atoms with van der Waals surface area (Å²) in [6.07, 6.45) is 1.70. The molecule has 3 heterocycles. The Labute approximate surface area is 189 Å². The van der Waals surface area contributed by atoms with Crippen molar-refractivity contribution in [1.29, 1.82) is 0 Å². The number of hydrogen-bond acceptors (Lipinski definition) is 8. The number of rotatable bonds is 6. The van der Waals surface area contributed by atoms with Gasteiger partial charge in [0.15, 0.2) is 17.0 Å². The van der Waals surface area contributed by atoms with Crippen LogP contribution in [0.2, 0.25) is 0 Å². The molecule has 1 aromatic carbocycles. The molecule has 1 aliphatic heterocycles. The van der Waals surface area contributed by atoms with Crippen LogP contribution < -0.4 is 15.8 Å². The third-order valence-electron chi connectivity index (χ3n) is 5.67. The third kappa shape index (κ3) is 4.72. The molecular weight excluding hydrogens is 426 g/mol. The standard InChI is InChI=1S/C22H25N7O4/c23-17-16-19(27-18(26-17)20(30)24-12-14-6-7-14)29(13-15-4-2-1-3-5-15)21(25-16)33-22(31)28-8-10-32-11-9-28/h1-5,14H,6-13H2,(H,24,30)(H2,23,26,27). The van der Waals surface area contributed by atoms with E-state index in [1.807, 2.05) is 30.3 Å². The number of morpholine rings is 1. The highest BCUT2D eigenvalue weighted by Gasteiger charge is 2.26. The fraction of sp³-hybridized carbons (Fsp3) is 0.409. The van der Waals surface area contributed by atoms with Crippen LogP contribution in [0.3, 0.4) is 0 Å². The zero-order valence-corrected chi connectivity index (χ0v) is 18.1. The van der Waals surface area contributed by atoms with Crippen molar-refractivity contribution in [2.24, 2.45) is 5.92 Å². The topological polar surface area (TPSA) is 137 Å². The van der Waals surface area contributed by atoms with Crippen molar-refractivity contribution in [2.45, 2.75) is 19.4 Å². The number of carbonyl (C=O) groups is 2. The van der Waals surface area contributed by atoms with Gasteiger partial charge < -0.3 is 25.4 Å². The first-order chi connectivity index (χ1) is 16.1. The van der Waals surface area contributed by atoms with Crippen LogP contribution in [0.15, 0.2) is 30.3 Å². The maximum Gasteiger partial charge on any atom is 0.417 e. The summed E-state index contributed by atoms with van der Waals surface area (Å²) in [7, 11) is 0. The van der Waals surface area contributed by atoms with Gasteiger partial charge in [0.1, 0.15) is 0 Å². The summed E-state index contributed by atoms with van der Waals surface area (Å²) in [6, 6.07) is 9.65. The number of aromatic nitrogens is 4. The Morgan fingerprint density at radius 2 is 1.88 bits per heavy atom. The fourth-order valence-electron chi connectivity index (χ4n) is 3.62. The molecule has 0 unspecified atom stereocenters. The monoisotopic (exact) mass is 451 g/mol. The summed E-state index contributed by atoms with van der Waals surface area (Å²) >= 11 is 0. The quantitative estimate of drug-likeness (QED) is 0.574. The van der Waals surface area contributed by atoms with Gasteiger partial charge in [0, 0.05) is 19.6 Å². The number of hydrogen-bond donors (Lipinski definition) is 2. The molecule has 0 bridgehead atoms. The molecule has 1 saturated carbocycles. The summed E-state index contributed by atoms with van der Waals surface area (Å²) in [5.74, 6) is 0.132. The van der Waals surface area contributed by atoms with Crippen LogP contribution in [0.5, 0.6) is 6.01 Å². The Morgan fingerprint density at radius 1 is 1.12 bits per heavy atom. The number of fused-ring (bicyclic) bond motifs is 1. The number of amides is 2. The summed E-state index contributed by atoms with van der Waals surface area (Å²) in [4.78, 5) is 39.9. The summed E-state index contributed by atoms with van der Waals surface area (Å²) in [5.41, 5.74) is 7.68. The SMILES string of the molecule is Nc1nc(C(=O)NCC2CC2)nc2c1nc(OC(=O)N1CCOCC1)n2Cc1ccccc1. The van der Waals surface area contributed by atoms with E-state index in [9.17, 15) is 9.59 Å². The summed E-state index contributed by atoms with van der Waals surface area (Å²) in [6.45, 7) is 2.69. The van der Waals surface area contributed by atoms with Crippen LogP contribution >= 0.6 is 0 Å². The molecule has 2 fully saturated rings. The van der Waals surface area contributed by atoms with E-state index < -0.39 is 12.0 Å². The minimum Gasteiger partial charge on any atom is -0.382 e.